The molecule has 0 aliphatic carbocycles. The molecular weight excluding hydrogens is 411 g/mol. The lowest BCUT2D eigenvalue weighted by atomic mass is 10.1. The van der Waals surface area contributed by atoms with Crippen LogP contribution in [0.2, 0.25) is 0 Å². The van der Waals surface area contributed by atoms with Crippen LogP contribution in [-0.2, 0) is 24.0 Å². The van der Waals surface area contributed by atoms with Crippen LogP contribution in [0.15, 0.2) is 21.8 Å². The van der Waals surface area contributed by atoms with Crippen molar-refractivity contribution >= 4 is 45.7 Å². The first-order valence-electron chi connectivity index (χ1n) is 8.06. The van der Waals surface area contributed by atoms with Crippen LogP contribution in [0.1, 0.15) is 5.69 Å². The predicted octanol–water partition coefficient (Wildman–Crippen LogP) is -1.49. The number of anilines is 1. The quantitative estimate of drug-likeness (QED) is 0.347. The number of nitrogens with two attached hydrogens (primary N) is 1. The summed E-state index contributed by atoms with van der Waals surface area (Å²) in [5.74, 6) is -4.14. The summed E-state index contributed by atoms with van der Waals surface area (Å²) in [5.41, 5.74) is 4.54. The number of hydrogen-bond acceptors (Lipinski definition) is 10. The number of aromatic nitrogens is 1. The molecule has 154 valence electrons. The second-order valence-electron chi connectivity index (χ2n) is 5.91. The zero-order valence-electron chi connectivity index (χ0n) is 14.9. The lowest BCUT2D eigenvalue weighted by Gasteiger charge is -2.19. The number of hydrazine groups is 1. The SMILES string of the molecule is CO/N=C(/C(=O)N[C@H]1CN2CC(C(=O)CF)=C(C(=O)O)N2C1=O)c1csc(N)n1. The van der Waals surface area contributed by atoms with Crippen LogP contribution in [-0.4, -0.2) is 82.3 Å². The summed E-state index contributed by atoms with van der Waals surface area (Å²) >= 11 is 1.07. The van der Waals surface area contributed by atoms with Gasteiger partial charge < -0.3 is 21.0 Å². The number of halogens is 1. The minimum absolute atomic E-state index is 0.121. The highest BCUT2D eigenvalue weighted by Gasteiger charge is 2.49. The highest BCUT2D eigenvalue weighted by Crippen LogP contribution is 2.30. The van der Waals surface area contributed by atoms with Crippen LogP contribution >= 0.6 is 11.3 Å². The van der Waals surface area contributed by atoms with E-state index >= 15 is 0 Å². The first-order chi connectivity index (χ1) is 13.8. The van der Waals surface area contributed by atoms with Gasteiger partial charge in [-0.15, -0.1) is 11.3 Å². The third-order valence-electron chi connectivity index (χ3n) is 4.15. The van der Waals surface area contributed by atoms with Crippen LogP contribution in [0.4, 0.5) is 9.52 Å². The molecule has 29 heavy (non-hydrogen) atoms. The Bertz CT molecular complexity index is 959. The second-order valence-corrected chi connectivity index (χ2v) is 6.80. The number of carboxylic acid groups (broad SMARTS) is 1. The average Bonchev–Trinajstić information content (AvgIpc) is 3.34. The van der Waals surface area contributed by atoms with Crippen LogP contribution in [0.5, 0.6) is 0 Å². The van der Waals surface area contributed by atoms with Crippen molar-refractivity contribution in [1.82, 2.24) is 20.3 Å². The molecule has 0 spiro atoms. The highest BCUT2D eigenvalue weighted by molar-refractivity contribution is 7.13. The fourth-order valence-corrected chi connectivity index (χ4v) is 3.52. The molecule has 2 aliphatic heterocycles. The van der Waals surface area contributed by atoms with E-state index in [1.54, 1.807) is 0 Å². The van der Waals surface area contributed by atoms with Gasteiger partial charge in [-0.2, -0.15) is 0 Å². The lowest BCUT2D eigenvalue weighted by molar-refractivity contribution is -0.143. The van der Waals surface area contributed by atoms with Gasteiger partial charge >= 0.3 is 5.97 Å². The van der Waals surface area contributed by atoms with Crippen molar-refractivity contribution in [2.24, 2.45) is 5.16 Å². The second kappa shape index (κ2) is 7.92. The number of carboxylic acids is 1. The zero-order chi connectivity index (χ0) is 21.3. The van der Waals surface area contributed by atoms with E-state index in [9.17, 15) is 28.7 Å². The van der Waals surface area contributed by atoms with E-state index in [1.807, 2.05) is 0 Å². The van der Waals surface area contributed by atoms with Crippen molar-refractivity contribution in [2.75, 3.05) is 32.6 Å². The number of aliphatic carboxylic acids is 1. The molecule has 1 aromatic heterocycles. The van der Waals surface area contributed by atoms with Crippen LogP contribution in [0.25, 0.3) is 0 Å². The minimum atomic E-state index is -1.55. The Hall–Kier alpha value is -3.39. The zero-order valence-corrected chi connectivity index (χ0v) is 15.7. The van der Waals surface area contributed by atoms with E-state index in [2.05, 4.69) is 20.3 Å². The van der Waals surface area contributed by atoms with E-state index in [-0.39, 0.29) is 35.2 Å². The number of Topliss-reactive ketones (excluding diaryl/α,β-unsaturated/α-hetero) is 1. The summed E-state index contributed by atoms with van der Waals surface area (Å²) in [6.07, 6.45) is 0. The Labute approximate surface area is 166 Å². The molecular formula is C15H15FN6O6S. The van der Waals surface area contributed by atoms with E-state index in [4.69, 9.17) is 5.73 Å². The molecule has 1 saturated heterocycles. The van der Waals surface area contributed by atoms with Crippen LogP contribution in [0.3, 0.4) is 0 Å². The number of nitrogens with one attached hydrogen (secondary N) is 1. The maximum absolute atomic E-state index is 12.7. The molecule has 0 unspecified atom stereocenters. The van der Waals surface area contributed by atoms with Gasteiger partial charge in [0.15, 0.2) is 29.0 Å². The first kappa shape index (κ1) is 20.3. The number of carbonyl (C=O) groups excluding carboxylic acids is 3. The van der Waals surface area contributed by atoms with Gasteiger partial charge in [-0.05, 0) is 0 Å². The summed E-state index contributed by atoms with van der Waals surface area (Å²) in [5, 5.41) is 19.1. The molecule has 12 nitrogen and oxygen atoms in total. The Kier molecular flexibility index (Phi) is 5.56. The van der Waals surface area contributed by atoms with Crippen molar-refractivity contribution in [3.05, 3.63) is 22.3 Å². The lowest BCUT2D eigenvalue weighted by Crippen LogP contribution is -2.46. The van der Waals surface area contributed by atoms with Gasteiger partial charge in [-0.1, -0.05) is 5.16 Å². The number of nitrogens with zero attached hydrogens (tertiary/aromatic N) is 4. The molecule has 0 bridgehead atoms. The summed E-state index contributed by atoms with van der Waals surface area (Å²) in [6.45, 7) is -1.76. The molecule has 1 fully saturated rings. The Morgan fingerprint density at radius 3 is 2.79 bits per heavy atom. The number of amides is 2. The summed E-state index contributed by atoms with van der Waals surface area (Å²) in [7, 11) is 1.22. The van der Waals surface area contributed by atoms with E-state index in [0.717, 1.165) is 16.3 Å². The van der Waals surface area contributed by atoms with Crippen molar-refractivity contribution in [2.45, 2.75) is 6.04 Å². The first-order valence-corrected chi connectivity index (χ1v) is 8.94. The van der Waals surface area contributed by atoms with E-state index in [0.29, 0.717) is 0 Å². The molecule has 3 heterocycles. The van der Waals surface area contributed by atoms with Crippen molar-refractivity contribution in [1.29, 1.82) is 0 Å². The number of ketones is 1. The molecule has 0 aromatic carbocycles. The smallest absolute Gasteiger partial charge is 0.354 e. The molecule has 3 rings (SSSR count). The summed E-state index contributed by atoms with van der Waals surface area (Å²) in [6, 6.07) is -1.13. The van der Waals surface area contributed by atoms with Crippen molar-refractivity contribution in [3.8, 4) is 0 Å². The van der Waals surface area contributed by atoms with E-state index < -0.39 is 42.0 Å². The molecule has 0 saturated carbocycles. The van der Waals surface area contributed by atoms with E-state index in [1.165, 1.54) is 17.5 Å². The maximum atomic E-state index is 12.7. The minimum Gasteiger partial charge on any atom is -0.477 e. The third kappa shape index (κ3) is 3.66. The van der Waals surface area contributed by atoms with Gasteiger partial charge in [-0.3, -0.25) is 14.4 Å². The number of rotatable bonds is 7. The molecule has 4 N–H and O–H groups in total. The number of oxime groups is 1. The summed E-state index contributed by atoms with van der Waals surface area (Å²) in [4.78, 5) is 57.0. The number of fused-ring (bicyclic) bond motifs is 1. The summed E-state index contributed by atoms with van der Waals surface area (Å²) < 4.78 is 12.7. The molecule has 2 aliphatic rings. The standard InChI is InChI=1S/C15H15FN6O6S/c1-28-20-10(8-5-29-15(17)19-8)12(24)18-7-4-21-3-6(9(23)2-16)11(14(26)27)22(21)13(7)25/h5,7H,2-4H2,1H3,(H2,17,19)(H,18,24)(H,26,27)/b20-10+/t7-/m0/s1. The Morgan fingerprint density at radius 1 is 1.52 bits per heavy atom. The largest absolute Gasteiger partial charge is 0.477 e. The number of nitrogen functional groups attached to an aromatic ring is 1. The fraction of sp³-hybridized carbons (Fsp3) is 0.333. The van der Waals surface area contributed by atoms with Crippen LogP contribution in [0, 0.1) is 0 Å². The maximum Gasteiger partial charge on any atom is 0.354 e. The van der Waals surface area contributed by atoms with Gasteiger partial charge in [0.1, 0.15) is 18.8 Å². The fourth-order valence-electron chi connectivity index (χ4n) is 2.98. The normalized spacial score (nSPS) is 19.5. The van der Waals surface area contributed by atoms with Gasteiger partial charge in [0.25, 0.3) is 11.8 Å². The predicted molar refractivity (Wildman–Crippen MR) is 96.1 cm³/mol. The Morgan fingerprint density at radius 2 is 2.24 bits per heavy atom. The van der Waals surface area contributed by atoms with Crippen molar-refractivity contribution < 1.29 is 33.5 Å². The molecule has 1 atom stereocenters. The monoisotopic (exact) mass is 426 g/mol. The van der Waals surface area contributed by atoms with Gasteiger partial charge in [0.05, 0.1) is 0 Å². The number of alkyl halides is 1. The topological polar surface area (TPSA) is 168 Å². The third-order valence-corrected chi connectivity index (χ3v) is 4.82. The van der Waals surface area contributed by atoms with Crippen LogP contribution < -0.4 is 11.1 Å². The number of thiazole rings is 1. The molecule has 2 amide bonds. The number of hydrogen-bond donors (Lipinski definition) is 3. The Balaban J connectivity index is 1.81. The highest BCUT2D eigenvalue weighted by atomic mass is 32.1. The average molecular weight is 426 g/mol. The van der Waals surface area contributed by atoms with Crippen molar-refractivity contribution in [3.63, 3.8) is 0 Å². The molecule has 0 radical (unpaired) electrons. The van der Waals surface area contributed by atoms with Gasteiger partial charge in [-0.25, -0.2) is 24.2 Å². The van der Waals surface area contributed by atoms with Gasteiger partial charge in [0.2, 0.25) is 0 Å². The van der Waals surface area contributed by atoms with Gasteiger partial charge in [0, 0.05) is 24.0 Å². The molecule has 1 aromatic rings. The number of carbonyl (C=O) groups is 4. The molecule has 14 heteroatoms.